The van der Waals surface area contributed by atoms with Crippen molar-refractivity contribution in [2.45, 2.75) is 13.3 Å². The minimum atomic E-state index is -0.208. The van der Waals surface area contributed by atoms with E-state index in [4.69, 9.17) is 5.73 Å². The lowest BCUT2D eigenvalue weighted by molar-refractivity contribution is 0.613. The summed E-state index contributed by atoms with van der Waals surface area (Å²) in [5.74, 6) is -0.208. The maximum Gasteiger partial charge on any atom is 0.180 e. The van der Waals surface area contributed by atoms with Gasteiger partial charge in [0, 0.05) is 15.8 Å². The molecule has 2 aromatic rings. The number of rotatable bonds is 2. The van der Waals surface area contributed by atoms with Gasteiger partial charge in [-0.25, -0.2) is 9.37 Å². The molecule has 0 spiro atoms. The van der Waals surface area contributed by atoms with Crippen LogP contribution in [0.5, 0.6) is 0 Å². The summed E-state index contributed by atoms with van der Waals surface area (Å²) in [5, 5.41) is 0.532. The lowest BCUT2D eigenvalue weighted by Gasteiger charge is -2.02. The summed E-state index contributed by atoms with van der Waals surface area (Å²) in [5.41, 5.74) is 7.14. The first kappa shape index (κ1) is 11.5. The molecule has 0 amide bonds. The van der Waals surface area contributed by atoms with Crippen molar-refractivity contribution in [3.8, 4) is 0 Å². The van der Waals surface area contributed by atoms with Crippen molar-refractivity contribution in [3.05, 3.63) is 44.6 Å². The van der Waals surface area contributed by atoms with Crippen LogP contribution in [0.3, 0.4) is 0 Å². The van der Waals surface area contributed by atoms with E-state index in [0.29, 0.717) is 17.1 Å². The molecule has 5 heteroatoms. The topological polar surface area (TPSA) is 38.9 Å². The molecule has 0 saturated heterocycles. The van der Waals surface area contributed by atoms with Gasteiger partial charge in [0.2, 0.25) is 0 Å². The highest BCUT2D eigenvalue weighted by Gasteiger charge is 2.09. The van der Waals surface area contributed by atoms with E-state index in [1.165, 1.54) is 17.4 Å². The minimum Gasteiger partial charge on any atom is -0.375 e. The number of hydrogen-bond donors (Lipinski definition) is 1. The summed E-state index contributed by atoms with van der Waals surface area (Å²) >= 11 is 4.64. The number of anilines is 1. The number of aromatic nitrogens is 1. The van der Waals surface area contributed by atoms with E-state index >= 15 is 0 Å². The van der Waals surface area contributed by atoms with Gasteiger partial charge < -0.3 is 5.73 Å². The second kappa shape index (κ2) is 4.51. The quantitative estimate of drug-likeness (QED) is 0.921. The first-order valence-corrected chi connectivity index (χ1v) is 6.33. The van der Waals surface area contributed by atoms with Crippen molar-refractivity contribution < 1.29 is 4.39 Å². The maximum atomic E-state index is 13.6. The van der Waals surface area contributed by atoms with Gasteiger partial charge >= 0.3 is 0 Å². The highest BCUT2D eigenvalue weighted by Crippen LogP contribution is 2.25. The summed E-state index contributed by atoms with van der Waals surface area (Å²) in [6.07, 6.45) is 0.541. The summed E-state index contributed by atoms with van der Waals surface area (Å²) in [6, 6.07) is 5.07. The van der Waals surface area contributed by atoms with Crippen molar-refractivity contribution in [1.82, 2.24) is 4.98 Å². The number of benzene rings is 1. The third-order valence-electron chi connectivity index (χ3n) is 2.28. The molecule has 0 atom stereocenters. The summed E-state index contributed by atoms with van der Waals surface area (Å²) in [6.45, 7) is 1.89. The Labute approximate surface area is 105 Å². The molecule has 0 saturated carbocycles. The minimum absolute atomic E-state index is 0.208. The van der Waals surface area contributed by atoms with Crippen LogP contribution < -0.4 is 5.73 Å². The average Bonchev–Trinajstić information content (AvgIpc) is 2.50. The summed E-state index contributed by atoms with van der Waals surface area (Å²) < 4.78 is 14.3. The molecule has 0 aliphatic heterocycles. The Morgan fingerprint density at radius 1 is 1.50 bits per heavy atom. The van der Waals surface area contributed by atoms with Crippen LogP contribution in [0.1, 0.15) is 16.1 Å². The number of aryl methyl sites for hydroxylation is 1. The number of halogens is 2. The van der Waals surface area contributed by atoms with Crippen molar-refractivity contribution in [3.63, 3.8) is 0 Å². The van der Waals surface area contributed by atoms with Gasteiger partial charge in [-0.05, 0) is 24.6 Å². The van der Waals surface area contributed by atoms with Gasteiger partial charge in [-0.3, -0.25) is 0 Å². The summed E-state index contributed by atoms with van der Waals surface area (Å²) in [7, 11) is 0. The maximum absolute atomic E-state index is 13.6. The molecule has 1 aromatic carbocycles. The second-order valence-corrected chi connectivity index (χ2v) is 5.50. The zero-order valence-electron chi connectivity index (χ0n) is 8.63. The Bertz CT molecular complexity index is 525. The average molecular weight is 301 g/mol. The van der Waals surface area contributed by atoms with Gasteiger partial charge in [0.15, 0.2) is 5.13 Å². The summed E-state index contributed by atoms with van der Waals surface area (Å²) in [4.78, 5) is 5.13. The molecule has 0 bridgehead atoms. The van der Waals surface area contributed by atoms with Crippen LogP contribution in [-0.2, 0) is 6.42 Å². The molecule has 0 aliphatic carbocycles. The van der Waals surface area contributed by atoms with Gasteiger partial charge in [-0.2, -0.15) is 0 Å². The molecule has 2 rings (SSSR count). The Morgan fingerprint density at radius 3 is 2.81 bits per heavy atom. The van der Waals surface area contributed by atoms with Crippen molar-refractivity contribution in [2.75, 3.05) is 5.73 Å². The zero-order valence-corrected chi connectivity index (χ0v) is 11.0. The molecule has 1 heterocycles. The number of nitrogens with zero attached hydrogens (tertiary/aromatic N) is 1. The normalized spacial score (nSPS) is 10.7. The number of thiazole rings is 1. The highest BCUT2D eigenvalue weighted by atomic mass is 79.9. The largest absolute Gasteiger partial charge is 0.375 e. The van der Waals surface area contributed by atoms with E-state index in [1.54, 1.807) is 6.07 Å². The third-order valence-corrected chi connectivity index (χ3v) is 3.76. The van der Waals surface area contributed by atoms with E-state index in [0.717, 1.165) is 15.0 Å². The lowest BCUT2D eigenvalue weighted by atomic mass is 10.1. The molecule has 16 heavy (non-hydrogen) atoms. The monoisotopic (exact) mass is 300 g/mol. The van der Waals surface area contributed by atoms with E-state index < -0.39 is 0 Å². The molecule has 2 nitrogen and oxygen atoms in total. The van der Waals surface area contributed by atoms with E-state index in [-0.39, 0.29) is 5.82 Å². The van der Waals surface area contributed by atoms with E-state index in [2.05, 4.69) is 20.9 Å². The van der Waals surface area contributed by atoms with E-state index in [1.807, 2.05) is 13.0 Å². The molecule has 84 valence electrons. The van der Waals surface area contributed by atoms with Gasteiger partial charge in [-0.1, -0.05) is 22.0 Å². The first-order valence-electron chi connectivity index (χ1n) is 4.72. The first-order chi connectivity index (χ1) is 7.56. The lowest BCUT2D eigenvalue weighted by Crippen LogP contribution is -1.92. The molecule has 0 radical (unpaired) electrons. The van der Waals surface area contributed by atoms with Crippen molar-refractivity contribution in [1.29, 1.82) is 0 Å². The fourth-order valence-corrected chi connectivity index (χ4v) is 2.64. The molecule has 0 aliphatic rings. The van der Waals surface area contributed by atoms with Crippen molar-refractivity contribution in [2.24, 2.45) is 0 Å². The fraction of sp³-hybridized carbons (Fsp3) is 0.182. The predicted octanol–water partition coefficient (Wildman–Crippen LogP) is 3.53. The number of nitrogens with two attached hydrogens (primary N) is 1. The van der Waals surface area contributed by atoms with Gasteiger partial charge in [-0.15, -0.1) is 11.3 Å². The standard InChI is InChI=1S/C11H10BrFN2S/c1-6-10(16-11(14)15-6)4-7-2-3-8(12)5-9(7)13/h2-3,5H,4H2,1H3,(H2,14,15). The Kier molecular flexibility index (Phi) is 3.25. The smallest absolute Gasteiger partial charge is 0.180 e. The molecular weight excluding hydrogens is 291 g/mol. The van der Waals surface area contributed by atoms with Gasteiger partial charge in [0.25, 0.3) is 0 Å². The molecule has 1 aromatic heterocycles. The Hall–Kier alpha value is -0.940. The van der Waals surface area contributed by atoms with Crippen LogP contribution in [0, 0.1) is 12.7 Å². The molecular formula is C11H10BrFN2S. The van der Waals surface area contributed by atoms with Crippen LogP contribution in [0.4, 0.5) is 9.52 Å². The van der Waals surface area contributed by atoms with Crippen LogP contribution in [0.2, 0.25) is 0 Å². The molecule has 0 unspecified atom stereocenters. The van der Waals surface area contributed by atoms with Crippen LogP contribution >= 0.6 is 27.3 Å². The number of nitrogen functional groups attached to an aromatic ring is 1. The molecule has 2 N–H and O–H groups in total. The van der Waals surface area contributed by atoms with E-state index in [9.17, 15) is 4.39 Å². The van der Waals surface area contributed by atoms with Crippen LogP contribution in [-0.4, -0.2) is 4.98 Å². The Morgan fingerprint density at radius 2 is 2.25 bits per heavy atom. The van der Waals surface area contributed by atoms with Crippen LogP contribution in [0.25, 0.3) is 0 Å². The Balaban J connectivity index is 2.30. The van der Waals surface area contributed by atoms with Crippen LogP contribution in [0.15, 0.2) is 22.7 Å². The number of hydrogen-bond acceptors (Lipinski definition) is 3. The highest BCUT2D eigenvalue weighted by molar-refractivity contribution is 9.10. The third kappa shape index (κ3) is 2.41. The fourth-order valence-electron chi connectivity index (χ4n) is 1.45. The van der Waals surface area contributed by atoms with Gasteiger partial charge in [0.1, 0.15) is 5.82 Å². The second-order valence-electron chi connectivity index (χ2n) is 3.47. The molecule has 0 fully saturated rings. The SMILES string of the molecule is Cc1nc(N)sc1Cc1ccc(Br)cc1F. The predicted molar refractivity (Wildman–Crippen MR) is 68.2 cm³/mol. The van der Waals surface area contributed by atoms with Gasteiger partial charge in [0.05, 0.1) is 5.69 Å². The van der Waals surface area contributed by atoms with Crippen molar-refractivity contribution >= 4 is 32.4 Å². The zero-order chi connectivity index (χ0) is 11.7.